The highest BCUT2D eigenvalue weighted by Crippen LogP contribution is 2.26. The second kappa shape index (κ2) is 7.86. The molecule has 0 unspecified atom stereocenters. The third kappa shape index (κ3) is 3.46. The number of rotatable bonds is 3. The largest absolute Gasteiger partial charge is 0.443 e. The molecule has 2 aromatic carbocycles. The Kier molecular flexibility index (Phi) is 4.69. The van der Waals surface area contributed by atoms with Gasteiger partial charge in [0.15, 0.2) is 17.6 Å². The molecule has 33 heavy (non-hydrogen) atoms. The molecule has 1 fully saturated rings. The van der Waals surface area contributed by atoms with E-state index in [0.29, 0.717) is 53.5 Å². The number of benzene rings is 2. The number of carbonyl (C=O) groups excluding carboxylic acids is 1. The van der Waals surface area contributed by atoms with Gasteiger partial charge < -0.3 is 14.2 Å². The van der Waals surface area contributed by atoms with Gasteiger partial charge in [-0.3, -0.25) is 4.79 Å². The fraction of sp³-hybridized carbons (Fsp3) is 0.174. The van der Waals surface area contributed by atoms with E-state index in [1.165, 1.54) is 6.39 Å². The van der Waals surface area contributed by atoms with E-state index in [9.17, 15) is 4.79 Å². The van der Waals surface area contributed by atoms with Crippen molar-refractivity contribution < 1.29 is 9.21 Å². The number of fused-ring (bicyclic) bond motifs is 2. The lowest BCUT2D eigenvalue weighted by Crippen LogP contribution is -2.49. The molecule has 0 radical (unpaired) electrons. The van der Waals surface area contributed by atoms with Crippen LogP contribution in [0.5, 0.6) is 0 Å². The van der Waals surface area contributed by atoms with Gasteiger partial charge in [-0.05, 0) is 36.4 Å². The Bertz CT molecular complexity index is 1490. The molecule has 164 valence electrons. The third-order valence-electron chi connectivity index (χ3n) is 5.84. The summed E-state index contributed by atoms with van der Waals surface area (Å²) in [6.45, 7) is 2.49. The van der Waals surface area contributed by atoms with Gasteiger partial charge in [-0.2, -0.15) is 5.10 Å². The Morgan fingerprint density at radius 1 is 1.00 bits per heavy atom. The molecule has 1 saturated heterocycles. The first-order chi connectivity index (χ1) is 16.2. The maximum absolute atomic E-state index is 13.0. The second-order valence-electron chi connectivity index (χ2n) is 7.78. The normalized spacial score (nSPS) is 14.3. The summed E-state index contributed by atoms with van der Waals surface area (Å²) in [5.74, 6) is 0.797. The van der Waals surface area contributed by atoms with Gasteiger partial charge in [-0.15, -0.1) is 0 Å². The number of anilines is 1. The van der Waals surface area contributed by atoms with Gasteiger partial charge in [0.2, 0.25) is 0 Å². The Morgan fingerprint density at radius 3 is 2.73 bits per heavy atom. The van der Waals surface area contributed by atoms with Crippen LogP contribution < -0.4 is 4.90 Å². The number of hydrogen-bond acceptors (Lipinski definition) is 7. The first kappa shape index (κ1) is 19.7. The Hall–Kier alpha value is -3.98. The minimum absolute atomic E-state index is 0.0128. The van der Waals surface area contributed by atoms with Crippen LogP contribution in [0.1, 0.15) is 10.4 Å². The summed E-state index contributed by atoms with van der Waals surface area (Å²) in [7, 11) is 0. The number of oxazole rings is 1. The smallest absolute Gasteiger partial charge is 0.254 e. The van der Waals surface area contributed by atoms with Crippen LogP contribution in [-0.4, -0.2) is 61.7 Å². The van der Waals surface area contributed by atoms with Crippen molar-refractivity contribution in [2.24, 2.45) is 0 Å². The van der Waals surface area contributed by atoms with E-state index in [2.05, 4.69) is 25.0 Å². The summed E-state index contributed by atoms with van der Waals surface area (Å²) in [4.78, 5) is 30.1. The summed E-state index contributed by atoms with van der Waals surface area (Å²) in [5, 5.41) is 6.00. The number of aromatic nitrogens is 5. The topological polar surface area (TPSA) is 93.2 Å². The van der Waals surface area contributed by atoms with Crippen molar-refractivity contribution >= 4 is 45.5 Å². The summed E-state index contributed by atoms with van der Waals surface area (Å²) in [5.41, 5.74) is 3.50. The van der Waals surface area contributed by atoms with Gasteiger partial charge in [0.1, 0.15) is 17.7 Å². The average molecular weight is 460 g/mol. The summed E-state index contributed by atoms with van der Waals surface area (Å²) in [6.07, 6.45) is 4.70. The molecule has 5 aromatic rings. The van der Waals surface area contributed by atoms with E-state index in [1.54, 1.807) is 35.4 Å². The number of carbonyl (C=O) groups is 1. The lowest BCUT2D eigenvalue weighted by Gasteiger charge is -2.35. The van der Waals surface area contributed by atoms with E-state index in [4.69, 9.17) is 16.0 Å². The molecule has 4 heterocycles. The highest BCUT2D eigenvalue weighted by Gasteiger charge is 2.25. The van der Waals surface area contributed by atoms with Crippen molar-refractivity contribution in [2.45, 2.75) is 0 Å². The Labute approximate surface area is 193 Å². The lowest BCUT2D eigenvalue weighted by molar-refractivity contribution is 0.0746. The lowest BCUT2D eigenvalue weighted by atomic mass is 10.1. The molecule has 1 amide bonds. The van der Waals surface area contributed by atoms with Gasteiger partial charge in [-0.1, -0.05) is 17.7 Å². The first-order valence-electron chi connectivity index (χ1n) is 10.5. The van der Waals surface area contributed by atoms with Crippen molar-refractivity contribution in [3.8, 4) is 5.69 Å². The molecule has 0 atom stereocenters. The third-order valence-corrected chi connectivity index (χ3v) is 6.08. The molecule has 0 spiro atoms. The van der Waals surface area contributed by atoms with Crippen LogP contribution in [0.15, 0.2) is 65.8 Å². The zero-order valence-corrected chi connectivity index (χ0v) is 18.2. The number of nitrogens with zero attached hydrogens (tertiary/aromatic N) is 7. The molecule has 1 aliphatic heterocycles. The molecule has 3 aromatic heterocycles. The van der Waals surface area contributed by atoms with E-state index in [-0.39, 0.29) is 5.91 Å². The van der Waals surface area contributed by atoms with Gasteiger partial charge >= 0.3 is 0 Å². The molecule has 0 bridgehead atoms. The number of amides is 1. The SMILES string of the molecule is O=C(c1ccc2ocnc2c1)N1CCN(c2ncnc3c2cnn3-c2cccc(Cl)c2)CC1. The number of hydrogen-bond donors (Lipinski definition) is 0. The van der Waals surface area contributed by atoms with Crippen molar-refractivity contribution in [2.75, 3.05) is 31.1 Å². The zero-order valence-electron chi connectivity index (χ0n) is 17.4. The van der Waals surface area contributed by atoms with E-state index >= 15 is 0 Å². The first-order valence-corrected chi connectivity index (χ1v) is 10.9. The van der Waals surface area contributed by atoms with Gasteiger partial charge in [0.25, 0.3) is 5.91 Å². The Balaban J connectivity index is 1.22. The molecule has 9 nitrogen and oxygen atoms in total. The molecule has 1 aliphatic rings. The van der Waals surface area contributed by atoms with Crippen LogP contribution in [-0.2, 0) is 0 Å². The highest BCUT2D eigenvalue weighted by molar-refractivity contribution is 6.30. The summed E-state index contributed by atoms with van der Waals surface area (Å²) >= 11 is 6.15. The minimum atomic E-state index is -0.0128. The molecule has 0 aliphatic carbocycles. The van der Waals surface area contributed by atoms with Crippen LogP contribution >= 0.6 is 11.6 Å². The van der Waals surface area contributed by atoms with Crippen molar-refractivity contribution in [1.29, 1.82) is 0 Å². The van der Waals surface area contributed by atoms with Crippen LogP contribution in [0.25, 0.3) is 27.8 Å². The number of piperazine rings is 1. The minimum Gasteiger partial charge on any atom is -0.443 e. The van der Waals surface area contributed by atoms with Crippen LogP contribution in [0.4, 0.5) is 5.82 Å². The fourth-order valence-corrected chi connectivity index (χ4v) is 4.36. The van der Waals surface area contributed by atoms with E-state index in [1.807, 2.05) is 29.2 Å². The van der Waals surface area contributed by atoms with Crippen LogP contribution in [0.3, 0.4) is 0 Å². The van der Waals surface area contributed by atoms with Gasteiger partial charge in [0, 0.05) is 36.8 Å². The Morgan fingerprint density at radius 2 is 1.88 bits per heavy atom. The second-order valence-corrected chi connectivity index (χ2v) is 8.22. The standard InChI is InChI=1S/C23H18ClN7O2/c24-16-2-1-3-17(11-16)31-22-18(12-28-31)21(25-13-26-22)29-6-8-30(9-7-29)23(32)15-4-5-20-19(10-15)27-14-33-20/h1-5,10-14H,6-9H2. The predicted molar refractivity (Wildman–Crippen MR) is 124 cm³/mol. The molecular weight excluding hydrogens is 442 g/mol. The average Bonchev–Trinajstić information content (AvgIpc) is 3.50. The molecule has 0 N–H and O–H groups in total. The van der Waals surface area contributed by atoms with Crippen LogP contribution in [0.2, 0.25) is 5.02 Å². The monoisotopic (exact) mass is 459 g/mol. The number of halogens is 1. The summed E-state index contributed by atoms with van der Waals surface area (Å²) in [6, 6.07) is 12.8. The maximum atomic E-state index is 13.0. The zero-order chi connectivity index (χ0) is 22.4. The highest BCUT2D eigenvalue weighted by atomic mass is 35.5. The summed E-state index contributed by atoms with van der Waals surface area (Å²) < 4.78 is 7.02. The van der Waals surface area contributed by atoms with E-state index < -0.39 is 0 Å². The van der Waals surface area contributed by atoms with Crippen LogP contribution in [0, 0.1) is 0 Å². The molecule has 6 rings (SSSR count). The maximum Gasteiger partial charge on any atom is 0.254 e. The van der Waals surface area contributed by atoms with Crippen molar-refractivity contribution in [3.05, 3.63) is 72.0 Å². The quantitative estimate of drug-likeness (QED) is 0.407. The van der Waals surface area contributed by atoms with Crippen molar-refractivity contribution in [3.63, 3.8) is 0 Å². The molecule has 10 heteroatoms. The molecule has 0 saturated carbocycles. The van der Waals surface area contributed by atoms with Crippen molar-refractivity contribution in [1.82, 2.24) is 29.6 Å². The van der Waals surface area contributed by atoms with Gasteiger partial charge in [-0.25, -0.2) is 19.6 Å². The fourth-order valence-electron chi connectivity index (χ4n) is 4.18. The van der Waals surface area contributed by atoms with Gasteiger partial charge in [0.05, 0.1) is 17.3 Å². The predicted octanol–water partition coefficient (Wildman–Crippen LogP) is 3.57. The molecular formula is C23H18ClN7O2. The van der Waals surface area contributed by atoms with E-state index in [0.717, 1.165) is 16.9 Å².